The Kier molecular flexibility index (Phi) is 8.19. The quantitative estimate of drug-likeness (QED) is 0.161. The summed E-state index contributed by atoms with van der Waals surface area (Å²) in [7, 11) is 0. The van der Waals surface area contributed by atoms with Crippen LogP contribution in [0.2, 0.25) is 0 Å². The highest BCUT2D eigenvalue weighted by Crippen LogP contribution is 2.41. The first kappa shape index (κ1) is 34.5. The molecule has 0 atom stereocenters. The van der Waals surface area contributed by atoms with E-state index in [2.05, 4.69) is 126 Å². The minimum Gasteiger partial charge on any atom is -0.455 e. The second-order valence-corrected chi connectivity index (χ2v) is 14.8. The van der Waals surface area contributed by atoms with Gasteiger partial charge in [0.1, 0.15) is 22.8 Å². The predicted octanol–water partition coefficient (Wildman–Crippen LogP) is 15.4. The molecule has 9 aromatic carbocycles. The van der Waals surface area contributed by atoms with Crippen LogP contribution in [0.3, 0.4) is 0 Å². The van der Waals surface area contributed by atoms with Crippen LogP contribution >= 0.6 is 0 Å². The number of para-hydroxylation sites is 3. The molecule has 3 nitrogen and oxygen atoms in total. The Morgan fingerprint density at radius 2 is 0.949 bits per heavy atom. The van der Waals surface area contributed by atoms with E-state index >= 15 is 8.78 Å². The van der Waals surface area contributed by atoms with E-state index in [0.717, 1.165) is 78.1 Å². The zero-order chi connectivity index (χ0) is 39.5. The average Bonchev–Trinajstić information content (AvgIpc) is 3.85. The normalized spacial score (nSPS) is 11.6. The summed E-state index contributed by atoms with van der Waals surface area (Å²) in [6.45, 7) is 0. The Labute approximate surface area is 339 Å². The SMILES string of the molecule is Fc1cccc2c1c1cccc(F)c1n2-c1cccc(-c2ccc(N(c3ccc(-c4ccccc4)cc3)c3ccc(-c4cccc5c4oc4ccccc45)cc3)cc2)c1. The standard InChI is InChI=1S/C54H34F2N2O/c55-48-18-9-20-50-52(48)47-17-8-19-49(56)53(47)58(50)43-13-6-12-39(34-43)37-24-30-41(31-25-37)57(40-28-22-36(23-29-40)35-10-2-1-3-11-35)42-32-26-38(27-33-42)44-15-7-16-46-45-14-4-5-21-51(45)59-54(44)46/h1-34H. The van der Waals surface area contributed by atoms with E-state index in [1.54, 1.807) is 18.2 Å². The second-order valence-electron chi connectivity index (χ2n) is 14.8. The summed E-state index contributed by atoms with van der Waals surface area (Å²) in [4.78, 5) is 2.26. The molecule has 0 fully saturated rings. The fraction of sp³-hybridized carbons (Fsp3) is 0. The van der Waals surface area contributed by atoms with Crippen molar-refractivity contribution in [3.63, 3.8) is 0 Å². The van der Waals surface area contributed by atoms with Gasteiger partial charge < -0.3 is 13.9 Å². The van der Waals surface area contributed by atoms with Crippen molar-refractivity contribution in [1.82, 2.24) is 4.57 Å². The molecule has 0 aliphatic carbocycles. The van der Waals surface area contributed by atoms with Gasteiger partial charge in [0.05, 0.1) is 11.0 Å². The van der Waals surface area contributed by atoms with E-state index < -0.39 is 5.82 Å². The molecule has 11 aromatic rings. The lowest BCUT2D eigenvalue weighted by Crippen LogP contribution is -2.09. The fourth-order valence-electron chi connectivity index (χ4n) is 8.57. The molecule has 0 bridgehead atoms. The van der Waals surface area contributed by atoms with Crippen molar-refractivity contribution < 1.29 is 13.2 Å². The molecule has 5 heteroatoms. The van der Waals surface area contributed by atoms with Gasteiger partial charge in [-0.1, -0.05) is 133 Å². The van der Waals surface area contributed by atoms with Gasteiger partial charge in [-0.2, -0.15) is 0 Å². The van der Waals surface area contributed by atoms with Crippen molar-refractivity contribution in [2.75, 3.05) is 4.90 Å². The van der Waals surface area contributed by atoms with Crippen molar-refractivity contribution in [2.24, 2.45) is 0 Å². The number of hydrogen-bond acceptors (Lipinski definition) is 2. The second kappa shape index (κ2) is 14.0. The molecule has 0 unspecified atom stereocenters. The first-order valence-electron chi connectivity index (χ1n) is 19.6. The highest BCUT2D eigenvalue weighted by atomic mass is 19.1. The Morgan fingerprint density at radius 3 is 1.69 bits per heavy atom. The molecule has 0 saturated heterocycles. The van der Waals surface area contributed by atoms with Gasteiger partial charge in [0, 0.05) is 49.9 Å². The number of nitrogens with zero attached hydrogens (tertiary/aromatic N) is 2. The van der Waals surface area contributed by atoms with E-state index in [4.69, 9.17) is 4.42 Å². The first-order chi connectivity index (χ1) is 29.1. The zero-order valence-corrected chi connectivity index (χ0v) is 31.7. The van der Waals surface area contributed by atoms with Gasteiger partial charge in [0.25, 0.3) is 0 Å². The smallest absolute Gasteiger partial charge is 0.147 e. The summed E-state index contributed by atoms with van der Waals surface area (Å²) < 4.78 is 38.9. The van der Waals surface area contributed by atoms with Crippen LogP contribution in [0.5, 0.6) is 0 Å². The number of halogens is 2. The number of furan rings is 1. The monoisotopic (exact) mass is 764 g/mol. The number of fused-ring (bicyclic) bond motifs is 6. The molecule has 11 rings (SSSR count). The molecule has 280 valence electrons. The summed E-state index contributed by atoms with van der Waals surface area (Å²) in [5, 5.41) is 3.17. The molecule has 0 aliphatic rings. The van der Waals surface area contributed by atoms with Crippen LogP contribution in [0, 0.1) is 11.6 Å². The molecular formula is C54H34F2N2O. The van der Waals surface area contributed by atoms with Crippen LogP contribution in [0.25, 0.3) is 82.8 Å². The summed E-state index contributed by atoms with van der Waals surface area (Å²) in [6, 6.07) is 68.4. The number of aromatic nitrogens is 1. The summed E-state index contributed by atoms with van der Waals surface area (Å²) in [6.07, 6.45) is 0. The van der Waals surface area contributed by atoms with Crippen LogP contribution in [-0.4, -0.2) is 4.57 Å². The lowest BCUT2D eigenvalue weighted by atomic mass is 10.0. The number of hydrogen-bond donors (Lipinski definition) is 0. The van der Waals surface area contributed by atoms with Crippen LogP contribution in [0.1, 0.15) is 0 Å². The van der Waals surface area contributed by atoms with Crippen molar-refractivity contribution >= 4 is 60.8 Å². The molecule has 59 heavy (non-hydrogen) atoms. The topological polar surface area (TPSA) is 21.3 Å². The van der Waals surface area contributed by atoms with Crippen molar-refractivity contribution in [1.29, 1.82) is 0 Å². The fourth-order valence-corrected chi connectivity index (χ4v) is 8.57. The van der Waals surface area contributed by atoms with Crippen LogP contribution < -0.4 is 4.90 Å². The molecule has 0 N–H and O–H groups in total. The number of anilines is 3. The molecule has 0 spiro atoms. The zero-order valence-electron chi connectivity index (χ0n) is 31.7. The Balaban J connectivity index is 0.981. The van der Waals surface area contributed by atoms with Gasteiger partial charge in [-0.25, -0.2) is 8.78 Å². The highest BCUT2D eigenvalue weighted by molar-refractivity contribution is 6.10. The molecule has 2 aromatic heterocycles. The summed E-state index contributed by atoms with van der Waals surface area (Å²) >= 11 is 0. The van der Waals surface area contributed by atoms with Gasteiger partial charge in [0.15, 0.2) is 0 Å². The maximum absolute atomic E-state index is 15.5. The largest absolute Gasteiger partial charge is 0.455 e. The maximum Gasteiger partial charge on any atom is 0.147 e. The van der Waals surface area contributed by atoms with Crippen LogP contribution in [0.15, 0.2) is 211 Å². The summed E-state index contributed by atoms with van der Waals surface area (Å²) in [5.74, 6) is -0.773. The molecule has 2 heterocycles. The number of benzene rings is 9. The average molecular weight is 765 g/mol. The van der Waals surface area contributed by atoms with Crippen molar-refractivity contribution in [3.05, 3.63) is 218 Å². The maximum atomic E-state index is 15.5. The third-order valence-corrected chi connectivity index (χ3v) is 11.3. The van der Waals surface area contributed by atoms with Crippen LogP contribution in [-0.2, 0) is 0 Å². The third kappa shape index (κ3) is 5.86. The summed E-state index contributed by atoms with van der Waals surface area (Å²) in [5.41, 5.74) is 12.9. The lowest BCUT2D eigenvalue weighted by Gasteiger charge is -2.26. The van der Waals surface area contributed by atoms with Gasteiger partial charge in [-0.05, 0) is 101 Å². The Morgan fingerprint density at radius 1 is 0.407 bits per heavy atom. The molecule has 0 saturated carbocycles. The lowest BCUT2D eigenvalue weighted by molar-refractivity contribution is 0.635. The number of rotatable bonds is 7. The van der Waals surface area contributed by atoms with Gasteiger partial charge in [-0.15, -0.1) is 0 Å². The molecule has 0 radical (unpaired) electrons. The van der Waals surface area contributed by atoms with E-state index in [-0.39, 0.29) is 5.82 Å². The van der Waals surface area contributed by atoms with E-state index in [1.165, 1.54) is 12.1 Å². The minimum atomic E-state index is -0.399. The third-order valence-electron chi connectivity index (χ3n) is 11.3. The Bertz CT molecular complexity index is 3330. The van der Waals surface area contributed by atoms with E-state index in [0.29, 0.717) is 21.8 Å². The minimum absolute atomic E-state index is 0.356. The molecule has 0 amide bonds. The highest BCUT2D eigenvalue weighted by Gasteiger charge is 2.19. The predicted molar refractivity (Wildman–Crippen MR) is 239 cm³/mol. The molecule has 0 aliphatic heterocycles. The van der Waals surface area contributed by atoms with Gasteiger partial charge in [-0.3, -0.25) is 0 Å². The Hall–Kier alpha value is -7.76. The van der Waals surface area contributed by atoms with Crippen molar-refractivity contribution in [3.8, 4) is 39.1 Å². The molecular weight excluding hydrogens is 731 g/mol. The van der Waals surface area contributed by atoms with Gasteiger partial charge >= 0.3 is 0 Å². The van der Waals surface area contributed by atoms with Crippen molar-refractivity contribution in [2.45, 2.75) is 0 Å². The van der Waals surface area contributed by atoms with Gasteiger partial charge in [0.2, 0.25) is 0 Å². The first-order valence-corrected chi connectivity index (χ1v) is 19.6. The van der Waals surface area contributed by atoms with Crippen LogP contribution in [0.4, 0.5) is 25.8 Å². The van der Waals surface area contributed by atoms with E-state index in [9.17, 15) is 0 Å². The van der Waals surface area contributed by atoms with E-state index in [1.807, 2.05) is 59.2 Å².